The monoisotopic (exact) mass is 408 g/mol. The van der Waals surface area contributed by atoms with E-state index in [4.69, 9.17) is 20.9 Å². The molecule has 3 rings (SSSR count). The fraction of sp³-hybridized carbons (Fsp3) is 0.0588. The zero-order chi connectivity index (χ0) is 17.1. The second-order valence-electron chi connectivity index (χ2n) is 4.82. The highest BCUT2D eigenvalue weighted by Gasteiger charge is 2.12. The summed E-state index contributed by atoms with van der Waals surface area (Å²) in [6.07, 6.45) is 1.54. The largest absolute Gasteiger partial charge is 0.494 e. The molecular weight excluding hydrogens is 399 g/mol. The number of benzene rings is 2. The summed E-state index contributed by atoms with van der Waals surface area (Å²) in [6.45, 7) is 0. The Kier molecular flexibility index (Phi) is 4.97. The maximum atomic E-state index is 13.7. The number of methoxy groups -OCH3 is 1. The molecule has 4 nitrogen and oxygen atoms in total. The van der Waals surface area contributed by atoms with Gasteiger partial charge in [-0.15, -0.1) is 0 Å². The topological polar surface area (TPSA) is 48.2 Å². The minimum absolute atomic E-state index is 0.155. The molecule has 0 N–H and O–H groups in total. The summed E-state index contributed by atoms with van der Waals surface area (Å²) in [7, 11) is 1.41. The molecule has 0 saturated heterocycles. The van der Waals surface area contributed by atoms with E-state index in [9.17, 15) is 4.39 Å². The van der Waals surface area contributed by atoms with E-state index in [0.717, 1.165) is 10.0 Å². The highest BCUT2D eigenvalue weighted by molar-refractivity contribution is 9.10. The van der Waals surface area contributed by atoms with E-state index in [1.165, 1.54) is 19.2 Å². The normalized spacial score (nSPS) is 11.6. The Hall–Kier alpha value is -2.18. The summed E-state index contributed by atoms with van der Waals surface area (Å²) in [6, 6.07) is 12.0. The van der Waals surface area contributed by atoms with Crippen molar-refractivity contribution in [3.8, 4) is 17.1 Å². The van der Waals surface area contributed by atoms with Crippen LogP contribution < -0.4 is 4.74 Å². The number of nitrogens with zero attached hydrogens (tertiary/aromatic N) is 2. The Balaban J connectivity index is 1.88. The molecule has 0 amide bonds. The molecule has 0 bridgehead atoms. The molecule has 0 spiro atoms. The van der Waals surface area contributed by atoms with Crippen LogP contribution in [0, 0.1) is 5.82 Å². The van der Waals surface area contributed by atoms with Crippen LogP contribution in [0.3, 0.4) is 0 Å². The average molecular weight is 410 g/mol. The summed E-state index contributed by atoms with van der Waals surface area (Å²) in [5.41, 5.74) is 1.35. The van der Waals surface area contributed by atoms with Crippen molar-refractivity contribution in [3.05, 3.63) is 64.2 Å². The number of hydrogen-bond donors (Lipinski definition) is 0. The molecule has 7 heteroatoms. The standard InChI is InChI=1S/C17H11BrClFN2O2/c1-23-15-6-5-10(8-14(15)20)7-13(19)17-21-16(22-24-17)11-3-2-4-12(18)9-11/h2-9H,1H3/b13-7-. The van der Waals surface area contributed by atoms with Crippen LogP contribution in [0.2, 0.25) is 0 Å². The van der Waals surface area contributed by atoms with Gasteiger partial charge in [0.1, 0.15) is 5.03 Å². The minimum atomic E-state index is -0.476. The van der Waals surface area contributed by atoms with Gasteiger partial charge in [-0.25, -0.2) is 4.39 Å². The Morgan fingerprint density at radius 3 is 2.83 bits per heavy atom. The van der Waals surface area contributed by atoms with E-state index in [1.54, 1.807) is 12.1 Å². The van der Waals surface area contributed by atoms with Crippen molar-refractivity contribution in [2.24, 2.45) is 0 Å². The average Bonchev–Trinajstić information content (AvgIpc) is 3.05. The second kappa shape index (κ2) is 7.15. The number of rotatable bonds is 4. The first-order chi connectivity index (χ1) is 11.6. The van der Waals surface area contributed by atoms with Crippen molar-refractivity contribution in [1.29, 1.82) is 0 Å². The van der Waals surface area contributed by atoms with Crippen molar-refractivity contribution < 1.29 is 13.7 Å². The Morgan fingerprint density at radius 2 is 2.12 bits per heavy atom. The van der Waals surface area contributed by atoms with E-state index in [2.05, 4.69) is 26.1 Å². The lowest BCUT2D eigenvalue weighted by Crippen LogP contribution is -1.88. The SMILES string of the molecule is COc1ccc(/C=C(\Cl)c2nc(-c3cccc(Br)c3)no2)cc1F. The zero-order valence-corrected chi connectivity index (χ0v) is 14.8. The zero-order valence-electron chi connectivity index (χ0n) is 12.5. The van der Waals surface area contributed by atoms with E-state index in [0.29, 0.717) is 11.4 Å². The molecular formula is C17H11BrClFN2O2. The van der Waals surface area contributed by atoms with Crippen LogP contribution in [-0.2, 0) is 0 Å². The van der Waals surface area contributed by atoms with Crippen LogP contribution in [0.4, 0.5) is 4.39 Å². The van der Waals surface area contributed by atoms with Crippen molar-refractivity contribution >= 4 is 38.6 Å². The van der Waals surface area contributed by atoms with Gasteiger partial charge in [-0.05, 0) is 35.9 Å². The van der Waals surface area contributed by atoms with Gasteiger partial charge in [-0.2, -0.15) is 4.98 Å². The van der Waals surface area contributed by atoms with Crippen LogP contribution in [-0.4, -0.2) is 17.3 Å². The van der Waals surface area contributed by atoms with Crippen LogP contribution in [0.5, 0.6) is 5.75 Å². The van der Waals surface area contributed by atoms with Gasteiger partial charge in [0.15, 0.2) is 11.6 Å². The highest BCUT2D eigenvalue weighted by Crippen LogP contribution is 2.26. The molecule has 0 radical (unpaired) electrons. The van der Waals surface area contributed by atoms with E-state index < -0.39 is 5.82 Å². The molecule has 1 aromatic heterocycles. The fourth-order valence-electron chi connectivity index (χ4n) is 2.05. The van der Waals surface area contributed by atoms with Gasteiger partial charge in [0.05, 0.1) is 7.11 Å². The second-order valence-corrected chi connectivity index (χ2v) is 6.14. The summed E-state index contributed by atoms with van der Waals surface area (Å²) >= 11 is 9.59. The van der Waals surface area contributed by atoms with Crippen molar-refractivity contribution in [2.45, 2.75) is 0 Å². The summed E-state index contributed by atoms with van der Waals surface area (Å²) in [5.74, 6) is 0.260. The predicted octanol–water partition coefficient (Wildman–Crippen LogP) is 5.38. The molecule has 0 fully saturated rings. The smallest absolute Gasteiger partial charge is 0.269 e. The molecule has 0 aliphatic rings. The molecule has 24 heavy (non-hydrogen) atoms. The summed E-state index contributed by atoms with van der Waals surface area (Å²) < 4.78 is 24.7. The molecule has 0 unspecified atom stereocenters. The van der Waals surface area contributed by atoms with Gasteiger partial charge in [0.2, 0.25) is 5.82 Å². The lowest BCUT2D eigenvalue weighted by Gasteiger charge is -2.02. The van der Waals surface area contributed by atoms with Crippen LogP contribution in [0.1, 0.15) is 11.5 Å². The van der Waals surface area contributed by atoms with Crippen LogP contribution in [0.25, 0.3) is 22.5 Å². The lowest BCUT2D eigenvalue weighted by molar-refractivity contribution is 0.386. The number of aromatic nitrogens is 2. The molecule has 0 atom stereocenters. The Morgan fingerprint density at radius 1 is 1.29 bits per heavy atom. The number of halogens is 3. The predicted molar refractivity (Wildman–Crippen MR) is 94.1 cm³/mol. The first-order valence-electron chi connectivity index (χ1n) is 6.87. The van der Waals surface area contributed by atoms with Crippen molar-refractivity contribution in [2.75, 3.05) is 7.11 Å². The van der Waals surface area contributed by atoms with Crippen LogP contribution >= 0.6 is 27.5 Å². The van der Waals surface area contributed by atoms with Gasteiger partial charge < -0.3 is 9.26 Å². The van der Waals surface area contributed by atoms with Gasteiger partial charge >= 0.3 is 0 Å². The Labute approximate surface area is 151 Å². The van der Waals surface area contributed by atoms with E-state index >= 15 is 0 Å². The maximum Gasteiger partial charge on any atom is 0.269 e. The van der Waals surface area contributed by atoms with E-state index in [-0.39, 0.29) is 16.7 Å². The quantitative estimate of drug-likeness (QED) is 0.580. The van der Waals surface area contributed by atoms with Gasteiger partial charge in [-0.3, -0.25) is 0 Å². The first kappa shape index (κ1) is 16.7. The molecule has 1 heterocycles. The summed E-state index contributed by atoms with van der Waals surface area (Å²) in [5, 5.41) is 4.12. The Bertz CT molecular complexity index is 911. The third kappa shape index (κ3) is 3.66. The van der Waals surface area contributed by atoms with Gasteiger partial charge in [-0.1, -0.05) is 50.9 Å². The molecule has 0 aliphatic heterocycles. The highest BCUT2D eigenvalue weighted by atomic mass is 79.9. The van der Waals surface area contributed by atoms with Gasteiger partial charge in [0.25, 0.3) is 5.89 Å². The molecule has 122 valence electrons. The van der Waals surface area contributed by atoms with Crippen LogP contribution in [0.15, 0.2) is 51.5 Å². The van der Waals surface area contributed by atoms with Crippen molar-refractivity contribution in [3.63, 3.8) is 0 Å². The third-order valence-electron chi connectivity index (χ3n) is 3.18. The van der Waals surface area contributed by atoms with E-state index in [1.807, 2.05) is 24.3 Å². The summed E-state index contributed by atoms with van der Waals surface area (Å²) in [4.78, 5) is 4.26. The molecule has 0 saturated carbocycles. The van der Waals surface area contributed by atoms with Crippen molar-refractivity contribution in [1.82, 2.24) is 10.1 Å². The first-order valence-corrected chi connectivity index (χ1v) is 8.04. The maximum absolute atomic E-state index is 13.7. The molecule has 2 aromatic carbocycles. The third-order valence-corrected chi connectivity index (χ3v) is 3.95. The van der Waals surface area contributed by atoms with Gasteiger partial charge in [0, 0.05) is 10.0 Å². The molecule has 0 aliphatic carbocycles. The fourth-order valence-corrected chi connectivity index (χ4v) is 2.65. The minimum Gasteiger partial charge on any atom is -0.494 e. The molecule has 3 aromatic rings. The number of hydrogen-bond acceptors (Lipinski definition) is 4. The number of ether oxygens (including phenoxy) is 1. The lowest BCUT2D eigenvalue weighted by atomic mass is 10.2.